The molecule has 0 fully saturated rings. The molecule has 43 heavy (non-hydrogen) atoms. The van der Waals surface area contributed by atoms with Gasteiger partial charge < -0.3 is 41.4 Å². The van der Waals surface area contributed by atoms with Crippen molar-refractivity contribution in [2.24, 2.45) is 11.7 Å². The van der Waals surface area contributed by atoms with Crippen LogP contribution in [0.4, 0.5) is 4.79 Å². The number of aliphatic carboxylic acids is 1. The van der Waals surface area contributed by atoms with Gasteiger partial charge in [-0.25, -0.2) is 9.69 Å². The van der Waals surface area contributed by atoms with Gasteiger partial charge in [0.1, 0.15) is 30.2 Å². The van der Waals surface area contributed by atoms with E-state index >= 15 is 0 Å². The summed E-state index contributed by atoms with van der Waals surface area (Å²) in [6.07, 6.45) is -2.03. The minimum atomic E-state index is -1.40. The number of carboxylic acid groups (broad SMARTS) is 1. The minimum absolute atomic E-state index is 0.00208. The third-order valence-electron chi connectivity index (χ3n) is 6.24. The number of hydrogen-bond acceptors (Lipinski definition) is 10. The minimum Gasteiger partial charge on any atom is -0.508 e. The number of nitrogens with zero attached hydrogens (tertiary/aromatic N) is 1. The second-order valence-electron chi connectivity index (χ2n) is 10.2. The van der Waals surface area contributed by atoms with Crippen LogP contribution in [-0.2, 0) is 39.9 Å². The zero-order valence-corrected chi connectivity index (χ0v) is 24.9. The smallest absolute Gasteiger partial charge is 0.416 e. The number of phenols is 1. The van der Waals surface area contributed by atoms with Crippen LogP contribution in [0.3, 0.4) is 0 Å². The summed E-state index contributed by atoms with van der Waals surface area (Å²) in [5, 5.41) is 26.3. The first kappa shape index (κ1) is 36.5. The van der Waals surface area contributed by atoms with Gasteiger partial charge in [0.05, 0.1) is 25.1 Å². The Hall–Kier alpha value is -4.53. The molecular weight excluding hydrogens is 566 g/mol. The summed E-state index contributed by atoms with van der Waals surface area (Å²) in [4.78, 5) is 87.8. The van der Waals surface area contributed by atoms with Crippen molar-refractivity contribution in [3.63, 3.8) is 0 Å². The van der Waals surface area contributed by atoms with Gasteiger partial charge in [0.25, 0.3) is 5.91 Å². The Morgan fingerprint density at radius 1 is 0.953 bits per heavy atom. The number of carbonyl (C=O) groups excluding carboxylic acids is 6. The van der Waals surface area contributed by atoms with Gasteiger partial charge in [-0.3, -0.25) is 24.0 Å². The first-order valence-electron chi connectivity index (χ1n) is 13.7. The normalized spacial score (nSPS) is 14.3. The SMILES string of the molecule is CCOC(=O)N(C(=O)[C@H](C)NC(=O)[C@@H](NC(=O)[C@H](Cc1ccc(O)cc1)NC(=O)[C@H](C)N)C(C)C)[C@H](CC=O)CC(=O)O. The zero-order valence-electron chi connectivity index (χ0n) is 24.9. The number of rotatable bonds is 16. The molecule has 15 nitrogen and oxygen atoms in total. The van der Waals surface area contributed by atoms with Crippen LogP contribution in [0.1, 0.15) is 53.0 Å². The van der Waals surface area contributed by atoms with Crippen molar-refractivity contribution < 1.29 is 48.5 Å². The Bertz CT molecular complexity index is 1160. The third kappa shape index (κ3) is 11.7. The molecule has 0 spiro atoms. The van der Waals surface area contributed by atoms with Crippen molar-refractivity contribution in [3.8, 4) is 5.75 Å². The van der Waals surface area contributed by atoms with Gasteiger partial charge in [-0.1, -0.05) is 26.0 Å². The summed E-state index contributed by atoms with van der Waals surface area (Å²) in [5.74, 6) is -5.05. The highest BCUT2D eigenvalue weighted by Gasteiger charge is 2.37. The fourth-order valence-electron chi connectivity index (χ4n) is 3.95. The van der Waals surface area contributed by atoms with Gasteiger partial charge in [-0.15, -0.1) is 0 Å². The number of nitrogens with two attached hydrogens (primary N) is 1. The van der Waals surface area contributed by atoms with Crippen LogP contribution in [0.15, 0.2) is 24.3 Å². The number of nitrogens with one attached hydrogen (secondary N) is 3. The number of amides is 5. The Kier molecular flexibility index (Phi) is 14.8. The maximum absolute atomic E-state index is 13.3. The second-order valence-corrected chi connectivity index (χ2v) is 10.2. The predicted molar refractivity (Wildman–Crippen MR) is 152 cm³/mol. The molecule has 1 aromatic rings. The number of imide groups is 1. The molecule has 0 bridgehead atoms. The third-order valence-corrected chi connectivity index (χ3v) is 6.24. The largest absolute Gasteiger partial charge is 0.508 e. The topological polar surface area (TPSA) is 235 Å². The monoisotopic (exact) mass is 607 g/mol. The van der Waals surface area contributed by atoms with Crippen LogP contribution < -0.4 is 21.7 Å². The number of carboxylic acids is 1. The molecule has 5 amide bonds. The molecule has 0 aliphatic carbocycles. The summed E-state index contributed by atoms with van der Waals surface area (Å²) in [6.45, 7) is 7.27. The molecule has 1 rings (SSSR count). The zero-order chi connectivity index (χ0) is 32.9. The van der Waals surface area contributed by atoms with Crippen LogP contribution in [0, 0.1) is 5.92 Å². The van der Waals surface area contributed by atoms with E-state index in [4.69, 9.17) is 10.5 Å². The summed E-state index contributed by atoms with van der Waals surface area (Å²) in [7, 11) is 0. The van der Waals surface area contributed by atoms with Crippen molar-refractivity contribution in [1.29, 1.82) is 0 Å². The number of aromatic hydroxyl groups is 1. The molecule has 0 aliphatic heterocycles. The molecule has 0 saturated heterocycles. The molecular formula is C28H41N5O10. The number of phenolic OH excluding ortho intramolecular Hbond substituents is 1. The van der Waals surface area contributed by atoms with Crippen LogP contribution in [0.2, 0.25) is 0 Å². The van der Waals surface area contributed by atoms with Crippen LogP contribution in [0.5, 0.6) is 5.75 Å². The van der Waals surface area contributed by atoms with Gasteiger partial charge in [0.15, 0.2) is 0 Å². The average molecular weight is 608 g/mol. The molecule has 0 unspecified atom stereocenters. The Labute approximate surface area is 249 Å². The van der Waals surface area contributed by atoms with Gasteiger partial charge in [0, 0.05) is 12.8 Å². The Morgan fingerprint density at radius 3 is 2.05 bits per heavy atom. The first-order chi connectivity index (χ1) is 20.1. The van der Waals surface area contributed by atoms with Crippen molar-refractivity contribution in [1.82, 2.24) is 20.9 Å². The number of aldehydes is 1. The molecule has 0 heterocycles. The molecule has 0 aromatic heterocycles. The maximum atomic E-state index is 13.3. The molecule has 1 aromatic carbocycles. The van der Waals surface area contributed by atoms with Gasteiger partial charge in [-0.05, 0) is 44.4 Å². The van der Waals surface area contributed by atoms with Gasteiger partial charge >= 0.3 is 12.1 Å². The van der Waals surface area contributed by atoms with Gasteiger partial charge in [-0.2, -0.15) is 0 Å². The summed E-state index contributed by atoms with van der Waals surface area (Å²) in [6, 6.07) is -0.117. The van der Waals surface area contributed by atoms with Crippen molar-refractivity contribution in [2.45, 2.75) is 84.1 Å². The van der Waals surface area contributed by atoms with Crippen LogP contribution in [-0.4, -0.2) is 93.9 Å². The van der Waals surface area contributed by atoms with E-state index in [0.29, 0.717) is 16.7 Å². The fraction of sp³-hybridized carbons (Fsp3) is 0.536. The lowest BCUT2D eigenvalue weighted by atomic mass is 10.00. The highest BCUT2D eigenvalue weighted by atomic mass is 16.6. The van der Waals surface area contributed by atoms with Crippen LogP contribution >= 0.6 is 0 Å². The molecule has 0 radical (unpaired) electrons. The predicted octanol–water partition coefficient (Wildman–Crippen LogP) is -0.170. The number of benzene rings is 1. The average Bonchev–Trinajstić information content (AvgIpc) is 2.91. The van der Waals surface area contributed by atoms with E-state index in [1.165, 1.54) is 32.9 Å². The number of carbonyl (C=O) groups is 7. The summed E-state index contributed by atoms with van der Waals surface area (Å²) in [5.41, 5.74) is 6.24. The highest BCUT2D eigenvalue weighted by Crippen LogP contribution is 2.15. The van der Waals surface area contributed by atoms with Gasteiger partial charge in [0.2, 0.25) is 17.7 Å². The second kappa shape index (κ2) is 17.4. The lowest BCUT2D eigenvalue weighted by Crippen LogP contribution is -2.60. The standard InChI is InChI=1S/C28H41N5O10/c1-6-43-28(42)33(19(11-12-34)14-22(36)37)27(41)17(5)30-26(40)23(15(2)3)32-25(39)21(31-24(38)16(4)29)13-18-7-9-20(35)10-8-18/h7-10,12,15-17,19,21,23,35H,6,11,13-14,29H2,1-5H3,(H,30,40)(H,31,38)(H,32,39)(H,36,37)/t16-,17-,19+,21-,23-/m0/s1. The molecule has 238 valence electrons. The van der Waals surface area contributed by atoms with Crippen molar-refractivity contribution >= 4 is 42.0 Å². The molecule has 5 atom stereocenters. The Balaban J connectivity index is 3.19. The maximum Gasteiger partial charge on any atom is 0.416 e. The summed E-state index contributed by atoms with van der Waals surface area (Å²) >= 11 is 0. The lowest BCUT2D eigenvalue weighted by Gasteiger charge is -2.31. The molecule has 0 aliphatic rings. The van der Waals surface area contributed by atoms with E-state index in [2.05, 4.69) is 16.0 Å². The van der Waals surface area contributed by atoms with Crippen molar-refractivity contribution in [2.75, 3.05) is 6.61 Å². The van der Waals surface area contributed by atoms with Crippen molar-refractivity contribution in [3.05, 3.63) is 29.8 Å². The van der Waals surface area contributed by atoms with E-state index in [1.54, 1.807) is 26.0 Å². The Morgan fingerprint density at radius 2 is 1.56 bits per heavy atom. The van der Waals surface area contributed by atoms with E-state index < -0.39 is 84.7 Å². The number of ether oxygens (including phenoxy) is 1. The first-order valence-corrected chi connectivity index (χ1v) is 13.7. The van der Waals surface area contributed by atoms with E-state index in [-0.39, 0.29) is 18.8 Å². The van der Waals surface area contributed by atoms with E-state index in [9.17, 15) is 43.8 Å². The quantitative estimate of drug-likeness (QED) is 0.135. The lowest BCUT2D eigenvalue weighted by molar-refractivity contribution is -0.142. The number of hydrogen-bond donors (Lipinski definition) is 6. The van der Waals surface area contributed by atoms with E-state index in [0.717, 1.165) is 0 Å². The fourth-order valence-corrected chi connectivity index (χ4v) is 3.95. The highest BCUT2D eigenvalue weighted by molar-refractivity contribution is 5.99. The van der Waals surface area contributed by atoms with E-state index in [1.807, 2.05) is 0 Å². The molecule has 7 N–H and O–H groups in total. The molecule has 15 heteroatoms. The molecule has 0 saturated carbocycles. The summed E-state index contributed by atoms with van der Waals surface area (Å²) < 4.78 is 4.89. The van der Waals surface area contributed by atoms with Crippen LogP contribution in [0.25, 0.3) is 0 Å².